The summed E-state index contributed by atoms with van der Waals surface area (Å²) >= 11 is 1.44. The van der Waals surface area contributed by atoms with Crippen LogP contribution in [0.3, 0.4) is 0 Å². The average molecular weight is 261 g/mol. The van der Waals surface area contributed by atoms with Gasteiger partial charge in [-0.25, -0.2) is 9.78 Å². The summed E-state index contributed by atoms with van der Waals surface area (Å²) in [5, 5.41) is 8.65. The Morgan fingerprint density at radius 1 is 1.22 bits per heavy atom. The average Bonchev–Trinajstić information content (AvgIpc) is 2.47. The first-order valence-corrected chi connectivity index (χ1v) is 6.39. The van der Waals surface area contributed by atoms with E-state index in [4.69, 9.17) is 0 Å². The molecule has 92 valence electrons. The van der Waals surface area contributed by atoms with Gasteiger partial charge >= 0.3 is 5.97 Å². The maximum atomic E-state index is 11.3. The van der Waals surface area contributed by atoms with E-state index in [-0.39, 0.29) is 5.97 Å². The lowest BCUT2D eigenvalue weighted by Gasteiger charge is -2.02. The third-order valence-electron chi connectivity index (χ3n) is 2.32. The standard InChI is InChI=1S/C12H11N3O2S/c1-17-11(16)9-5-3-8(4-6-9)10-7-13-12(18-2)15-14-10/h3-7H,1-2H3. The van der Waals surface area contributed by atoms with E-state index in [1.165, 1.54) is 18.9 Å². The smallest absolute Gasteiger partial charge is 0.337 e. The van der Waals surface area contributed by atoms with Crippen LogP contribution in [0.2, 0.25) is 0 Å². The quantitative estimate of drug-likeness (QED) is 0.622. The summed E-state index contributed by atoms with van der Waals surface area (Å²) in [5.74, 6) is -0.358. The molecular weight excluding hydrogens is 250 g/mol. The first-order chi connectivity index (χ1) is 8.74. The van der Waals surface area contributed by atoms with Crippen molar-refractivity contribution in [2.24, 2.45) is 0 Å². The van der Waals surface area contributed by atoms with Crippen molar-refractivity contribution in [3.05, 3.63) is 36.0 Å². The summed E-state index contributed by atoms with van der Waals surface area (Å²) in [4.78, 5) is 15.4. The van der Waals surface area contributed by atoms with Crippen molar-refractivity contribution in [3.63, 3.8) is 0 Å². The highest BCUT2D eigenvalue weighted by Crippen LogP contribution is 2.17. The second kappa shape index (κ2) is 5.59. The van der Waals surface area contributed by atoms with E-state index in [2.05, 4.69) is 19.9 Å². The predicted octanol–water partition coefficient (Wildman–Crippen LogP) is 2.05. The Labute approximate surface area is 109 Å². The van der Waals surface area contributed by atoms with Crippen molar-refractivity contribution in [2.75, 3.05) is 13.4 Å². The number of nitrogens with zero attached hydrogens (tertiary/aromatic N) is 3. The first-order valence-electron chi connectivity index (χ1n) is 5.17. The molecule has 0 amide bonds. The van der Waals surface area contributed by atoms with Gasteiger partial charge in [-0.3, -0.25) is 0 Å². The van der Waals surface area contributed by atoms with Crippen LogP contribution >= 0.6 is 11.8 Å². The first kappa shape index (κ1) is 12.5. The molecule has 0 aliphatic carbocycles. The number of rotatable bonds is 3. The molecule has 5 nitrogen and oxygen atoms in total. The fraction of sp³-hybridized carbons (Fsp3) is 0.167. The van der Waals surface area contributed by atoms with Crippen LogP contribution in [0.4, 0.5) is 0 Å². The Balaban J connectivity index is 2.25. The summed E-state index contributed by atoms with van der Waals surface area (Å²) in [6, 6.07) is 6.95. The van der Waals surface area contributed by atoms with Gasteiger partial charge in [-0.1, -0.05) is 23.9 Å². The van der Waals surface area contributed by atoms with Crippen molar-refractivity contribution in [2.45, 2.75) is 5.16 Å². The lowest BCUT2D eigenvalue weighted by atomic mass is 10.1. The number of carbonyl (C=O) groups excluding carboxylic acids is 1. The van der Waals surface area contributed by atoms with Crippen molar-refractivity contribution in [1.82, 2.24) is 15.2 Å². The van der Waals surface area contributed by atoms with Gasteiger partial charge < -0.3 is 4.74 Å². The van der Waals surface area contributed by atoms with Gasteiger partial charge in [-0.05, 0) is 18.4 Å². The Morgan fingerprint density at radius 2 is 1.94 bits per heavy atom. The highest BCUT2D eigenvalue weighted by Gasteiger charge is 2.06. The van der Waals surface area contributed by atoms with Crippen LogP contribution in [0.1, 0.15) is 10.4 Å². The molecule has 0 atom stereocenters. The van der Waals surface area contributed by atoms with Crippen LogP contribution in [0, 0.1) is 0 Å². The zero-order valence-electron chi connectivity index (χ0n) is 9.95. The van der Waals surface area contributed by atoms with Gasteiger partial charge in [-0.15, -0.1) is 10.2 Å². The number of ether oxygens (including phenoxy) is 1. The predicted molar refractivity (Wildman–Crippen MR) is 68.4 cm³/mol. The fourth-order valence-corrected chi connectivity index (χ4v) is 1.67. The third kappa shape index (κ3) is 2.65. The van der Waals surface area contributed by atoms with Gasteiger partial charge in [0.05, 0.1) is 18.9 Å². The second-order valence-electron chi connectivity index (χ2n) is 3.40. The van der Waals surface area contributed by atoms with Crippen LogP contribution in [0.25, 0.3) is 11.3 Å². The summed E-state index contributed by atoms with van der Waals surface area (Å²) < 4.78 is 4.63. The number of methoxy groups -OCH3 is 1. The Morgan fingerprint density at radius 3 is 2.44 bits per heavy atom. The van der Waals surface area contributed by atoms with E-state index in [0.717, 1.165) is 5.56 Å². The minimum Gasteiger partial charge on any atom is -0.465 e. The highest BCUT2D eigenvalue weighted by molar-refractivity contribution is 7.98. The number of aromatic nitrogens is 3. The number of hydrogen-bond acceptors (Lipinski definition) is 6. The number of esters is 1. The number of thioether (sulfide) groups is 1. The topological polar surface area (TPSA) is 65.0 Å². The Kier molecular flexibility index (Phi) is 3.88. The van der Waals surface area contributed by atoms with Gasteiger partial charge in [0.15, 0.2) is 0 Å². The van der Waals surface area contributed by atoms with Crippen molar-refractivity contribution in [3.8, 4) is 11.3 Å². The molecule has 1 aromatic carbocycles. The van der Waals surface area contributed by atoms with Gasteiger partial charge in [0.2, 0.25) is 5.16 Å². The van der Waals surface area contributed by atoms with E-state index < -0.39 is 0 Å². The molecule has 0 saturated carbocycles. The molecule has 0 aliphatic heterocycles. The molecule has 2 aromatic rings. The highest BCUT2D eigenvalue weighted by atomic mass is 32.2. The maximum Gasteiger partial charge on any atom is 0.337 e. The molecule has 0 N–H and O–H groups in total. The van der Waals surface area contributed by atoms with Crippen LogP contribution < -0.4 is 0 Å². The Bertz CT molecular complexity index is 540. The molecule has 0 bridgehead atoms. The molecule has 0 unspecified atom stereocenters. The SMILES string of the molecule is COC(=O)c1ccc(-c2cnc(SC)nn2)cc1. The molecule has 6 heteroatoms. The minimum atomic E-state index is -0.358. The van der Waals surface area contributed by atoms with Crippen LogP contribution in [0.15, 0.2) is 35.6 Å². The lowest BCUT2D eigenvalue weighted by molar-refractivity contribution is 0.0601. The largest absolute Gasteiger partial charge is 0.465 e. The van der Waals surface area contributed by atoms with Crippen LogP contribution in [-0.2, 0) is 4.74 Å². The molecule has 2 rings (SSSR count). The molecule has 0 saturated heterocycles. The number of hydrogen-bond donors (Lipinski definition) is 0. The summed E-state index contributed by atoms with van der Waals surface area (Å²) in [6.45, 7) is 0. The van der Waals surface area contributed by atoms with E-state index in [1.54, 1.807) is 30.5 Å². The van der Waals surface area contributed by atoms with Crippen molar-refractivity contribution >= 4 is 17.7 Å². The van der Waals surface area contributed by atoms with Gasteiger partial charge in [-0.2, -0.15) is 0 Å². The third-order valence-corrected chi connectivity index (χ3v) is 2.88. The molecule has 0 fully saturated rings. The minimum absolute atomic E-state index is 0.358. The second-order valence-corrected chi connectivity index (χ2v) is 4.17. The van der Waals surface area contributed by atoms with Crippen LogP contribution in [0.5, 0.6) is 0 Å². The zero-order valence-corrected chi connectivity index (χ0v) is 10.8. The molecule has 1 aromatic heterocycles. The van der Waals surface area contributed by atoms with Gasteiger partial charge in [0, 0.05) is 5.56 Å². The Hall–Kier alpha value is -1.95. The summed E-state index contributed by atoms with van der Waals surface area (Å²) in [7, 11) is 1.35. The summed E-state index contributed by atoms with van der Waals surface area (Å²) in [5.41, 5.74) is 2.03. The van der Waals surface area contributed by atoms with Crippen LogP contribution in [-0.4, -0.2) is 34.5 Å². The zero-order chi connectivity index (χ0) is 13.0. The summed E-state index contributed by atoms with van der Waals surface area (Å²) in [6.07, 6.45) is 3.55. The maximum absolute atomic E-state index is 11.3. The van der Waals surface area contributed by atoms with E-state index >= 15 is 0 Å². The van der Waals surface area contributed by atoms with Crippen molar-refractivity contribution in [1.29, 1.82) is 0 Å². The van der Waals surface area contributed by atoms with E-state index in [1.807, 2.05) is 6.26 Å². The van der Waals surface area contributed by atoms with Gasteiger partial charge in [0.1, 0.15) is 5.69 Å². The number of benzene rings is 1. The monoisotopic (exact) mass is 261 g/mol. The fourth-order valence-electron chi connectivity index (χ4n) is 1.39. The molecule has 0 spiro atoms. The van der Waals surface area contributed by atoms with E-state index in [0.29, 0.717) is 16.4 Å². The number of carbonyl (C=O) groups is 1. The van der Waals surface area contributed by atoms with Crippen molar-refractivity contribution < 1.29 is 9.53 Å². The molecule has 0 aliphatic rings. The van der Waals surface area contributed by atoms with Gasteiger partial charge in [0.25, 0.3) is 0 Å². The molecular formula is C12H11N3O2S. The molecule has 1 heterocycles. The molecule has 18 heavy (non-hydrogen) atoms. The molecule has 0 radical (unpaired) electrons. The van der Waals surface area contributed by atoms with E-state index in [9.17, 15) is 4.79 Å². The lowest BCUT2D eigenvalue weighted by Crippen LogP contribution is -2.00. The normalized spacial score (nSPS) is 10.1.